The van der Waals surface area contributed by atoms with Crippen LogP contribution in [0.25, 0.3) is 0 Å². The number of unbranched alkanes of at least 4 members (excludes halogenated alkanes) is 3. The van der Waals surface area contributed by atoms with E-state index in [4.69, 9.17) is 18.9 Å². The van der Waals surface area contributed by atoms with Crippen LogP contribution < -0.4 is 4.74 Å². The van der Waals surface area contributed by atoms with Crippen LogP contribution in [0, 0.1) is 0 Å². The number of para-hydroxylation sites is 1. The second kappa shape index (κ2) is 14.4. The van der Waals surface area contributed by atoms with Crippen LogP contribution in [0.4, 0.5) is 0 Å². The van der Waals surface area contributed by atoms with Crippen molar-refractivity contribution >= 4 is 17.9 Å². The fourth-order valence-electron chi connectivity index (χ4n) is 2.16. The van der Waals surface area contributed by atoms with Gasteiger partial charge in [0.15, 0.2) is 6.61 Å². The number of ether oxygens (including phenoxy) is 4. The Labute approximate surface area is 165 Å². The smallest absolute Gasteiger partial charge is 0.349 e. The van der Waals surface area contributed by atoms with Gasteiger partial charge in [0, 0.05) is 18.8 Å². The minimum atomic E-state index is -0.835. The molecule has 0 saturated heterocycles. The summed E-state index contributed by atoms with van der Waals surface area (Å²) >= 11 is 0. The van der Waals surface area contributed by atoms with E-state index >= 15 is 0 Å². The van der Waals surface area contributed by atoms with Crippen LogP contribution in [0.2, 0.25) is 0 Å². The highest BCUT2D eigenvalue weighted by atomic mass is 16.6. The van der Waals surface area contributed by atoms with Gasteiger partial charge in [-0.25, -0.2) is 9.59 Å². The molecule has 0 heterocycles. The van der Waals surface area contributed by atoms with Gasteiger partial charge in [0.2, 0.25) is 0 Å². The van der Waals surface area contributed by atoms with Crippen LogP contribution in [0.1, 0.15) is 39.0 Å². The van der Waals surface area contributed by atoms with Crippen LogP contribution in [-0.2, 0) is 28.6 Å². The number of hydrogen-bond acceptors (Lipinski definition) is 7. The number of carbonyl (C=O) groups excluding carboxylic acids is 3. The SMILES string of the molecule is C=C(CC(=O)OCCCCCCOCC)C(=O)OCC(=O)Oc1ccccc1. The summed E-state index contributed by atoms with van der Waals surface area (Å²) < 4.78 is 20.1. The molecule has 0 atom stereocenters. The summed E-state index contributed by atoms with van der Waals surface area (Å²) in [5, 5.41) is 0. The predicted molar refractivity (Wildman–Crippen MR) is 103 cm³/mol. The van der Waals surface area contributed by atoms with E-state index in [0.29, 0.717) is 12.4 Å². The first-order valence-corrected chi connectivity index (χ1v) is 9.37. The first-order chi connectivity index (χ1) is 13.5. The second-order valence-electron chi connectivity index (χ2n) is 5.98. The Morgan fingerprint density at radius 2 is 1.57 bits per heavy atom. The zero-order valence-electron chi connectivity index (χ0n) is 16.3. The summed E-state index contributed by atoms with van der Waals surface area (Å²) in [5.74, 6) is -1.76. The Morgan fingerprint density at radius 1 is 0.893 bits per heavy atom. The largest absolute Gasteiger partial charge is 0.465 e. The summed E-state index contributed by atoms with van der Waals surface area (Å²) in [6.45, 7) is 6.65. The van der Waals surface area contributed by atoms with Gasteiger partial charge in [-0.05, 0) is 38.3 Å². The fraction of sp³-hybridized carbons (Fsp3) is 0.476. The highest BCUT2D eigenvalue weighted by Gasteiger charge is 2.16. The van der Waals surface area contributed by atoms with Gasteiger partial charge in [0.1, 0.15) is 5.75 Å². The molecule has 0 saturated carbocycles. The van der Waals surface area contributed by atoms with Crippen LogP contribution in [0.15, 0.2) is 42.5 Å². The zero-order chi connectivity index (χ0) is 20.6. The summed E-state index contributed by atoms with van der Waals surface area (Å²) in [7, 11) is 0. The lowest BCUT2D eigenvalue weighted by Gasteiger charge is -2.08. The molecule has 0 aliphatic heterocycles. The maximum absolute atomic E-state index is 11.8. The van der Waals surface area contributed by atoms with Crippen molar-refractivity contribution in [1.82, 2.24) is 0 Å². The van der Waals surface area contributed by atoms with Gasteiger partial charge in [-0.1, -0.05) is 31.2 Å². The summed E-state index contributed by atoms with van der Waals surface area (Å²) in [6, 6.07) is 8.41. The van der Waals surface area contributed by atoms with Gasteiger partial charge >= 0.3 is 17.9 Å². The average Bonchev–Trinajstić information content (AvgIpc) is 2.68. The Bertz CT molecular complexity index is 625. The molecule has 0 unspecified atom stereocenters. The molecular weight excluding hydrogens is 364 g/mol. The van der Waals surface area contributed by atoms with Crippen molar-refractivity contribution < 1.29 is 33.3 Å². The topological polar surface area (TPSA) is 88.1 Å². The van der Waals surface area contributed by atoms with Gasteiger partial charge in [0.05, 0.1) is 13.0 Å². The van der Waals surface area contributed by atoms with Crippen LogP contribution in [0.5, 0.6) is 5.75 Å². The van der Waals surface area contributed by atoms with E-state index in [-0.39, 0.29) is 12.0 Å². The Morgan fingerprint density at radius 3 is 2.25 bits per heavy atom. The first kappa shape index (κ1) is 23.4. The van der Waals surface area contributed by atoms with E-state index in [2.05, 4.69) is 6.58 Å². The molecule has 0 aliphatic carbocycles. The van der Waals surface area contributed by atoms with E-state index in [1.54, 1.807) is 30.3 Å². The average molecular weight is 392 g/mol. The summed E-state index contributed by atoms with van der Waals surface area (Å²) in [4.78, 5) is 35.1. The highest BCUT2D eigenvalue weighted by molar-refractivity contribution is 5.94. The maximum Gasteiger partial charge on any atom is 0.349 e. The Balaban J connectivity index is 2.12. The second-order valence-corrected chi connectivity index (χ2v) is 5.98. The molecule has 1 aromatic rings. The molecule has 0 N–H and O–H groups in total. The third-order valence-electron chi connectivity index (χ3n) is 3.59. The molecule has 1 rings (SSSR count). The molecule has 0 aliphatic rings. The van der Waals surface area contributed by atoms with Crippen molar-refractivity contribution in [3.8, 4) is 5.75 Å². The van der Waals surface area contributed by atoms with Crippen LogP contribution >= 0.6 is 0 Å². The van der Waals surface area contributed by atoms with Gasteiger partial charge in [-0.15, -0.1) is 0 Å². The highest BCUT2D eigenvalue weighted by Crippen LogP contribution is 2.09. The summed E-state index contributed by atoms with van der Waals surface area (Å²) in [6.07, 6.45) is 3.40. The molecule has 0 amide bonds. The lowest BCUT2D eigenvalue weighted by atomic mass is 10.2. The molecule has 0 bridgehead atoms. The molecular formula is C21H28O7. The summed E-state index contributed by atoms with van der Waals surface area (Å²) in [5.41, 5.74) is -0.0748. The third-order valence-corrected chi connectivity index (χ3v) is 3.59. The van der Waals surface area contributed by atoms with Crippen molar-refractivity contribution in [3.05, 3.63) is 42.5 Å². The van der Waals surface area contributed by atoms with Crippen molar-refractivity contribution in [2.75, 3.05) is 26.4 Å². The van der Waals surface area contributed by atoms with Crippen LogP contribution in [-0.4, -0.2) is 44.3 Å². The third kappa shape index (κ3) is 11.1. The number of rotatable bonds is 14. The van der Waals surface area contributed by atoms with E-state index in [9.17, 15) is 14.4 Å². The van der Waals surface area contributed by atoms with Crippen molar-refractivity contribution in [2.24, 2.45) is 0 Å². The number of esters is 3. The van der Waals surface area contributed by atoms with Gasteiger partial charge in [-0.3, -0.25) is 4.79 Å². The van der Waals surface area contributed by atoms with Crippen molar-refractivity contribution in [1.29, 1.82) is 0 Å². The van der Waals surface area contributed by atoms with E-state index in [1.807, 2.05) is 6.92 Å². The number of benzene rings is 1. The first-order valence-electron chi connectivity index (χ1n) is 9.37. The lowest BCUT2D eigenvalue weighted by molar-refractivity contribution is -0.152. The number of hydrogen-bond donors (Lipinski definition) is 0. The molecule has 1 aromatic carbocycles. The van der Waals surface area contributed by atoms with Gasteiger partial charge in [-0.2, -0.15) is 0 Å². The van der Waals surface area contributed by atoms with E-state index in [1.165, 1.54) is 0 Å². The lowest BCUT2D eigenvalue weighted by Crippen LogP contribution is -2.20. The molecule has 0 aromatic heterocycles. The van der Waals surface area contributed by atoms with Gasteiger partial charge < -0.3 is 18.9 Å². The molecule has 0 spiro atoms. The van der Waals surface area contributed by atoms with E-state index in [0.717, 1.165) is 38.9 Å². The monoisotopic (exact) mass is 392 g/mol. The number of carbonyl (C=O) groups is 3. The van der Waals surface area contributed by atoms with E-state index < -0.39 is 24.5 Å². The Kier molecular flexibility index (Phi) is 12.0. The maximum atomic E-state index is 11.8. The van der Waals surface area contributed by atoms with Crippen molar-refractivity contribution in [3.63, 3.8) is 0 Å². The van der Waals surface area contributed by atoms with Crippen LogP contribution in [0.3, 0.4) is 0 Å². The molecule has 0 fully saturated rings. The minimum absolute atomic E-state index is 0.0748. The fourth-order valence-corrected chi connectivity index (χ4v) is 2.16. The normalized spacial score (nSPS) is 10.2. The predicted octanol–water partition coefficient (Wildman–Crippen LogP) is 3.22. The van der Waals surface area contributed by atoms with Gasteiger partial charge in [0.25, 0.3) is 0 Å². The minimum Gasteiger partial charge on any atom is -0.465 e. The molecule has 7 nitrogen and oxygen atoms in total. The molecule has 0 radical (unpaired) electrons. The molecule has 28 heavy (non-hydrogen) atoms. The zero-order valence-corrected chi connectivity index (χ0v) is 16.3. The Hall–Kier alpha value is -2.67. The standard InChI is InChI=1S/C21H28O7/c1-3-25-13-9-4-5-10-14-26-19(22)15-17(2)21(24)27-16-20(23)28-18-11-7-6-8-12-18/h6-8,11-12H,2-5,9-10,13-16H2,1H3. The van der Waals surface area contributed by atoms with Crippen molar-refractivity contribution in [2.45, 2.75) is 39.0 Å². The quantitative estimate of drug-likeness (QED) is 0.208. The molecule has 154 valence electrons. The molecule has 7 heteroatoms.